The van der Waals surface area contributed by atoms with E-state index in [4.69, 9.17) is 17.3 Å². The molecule has 150 valence electrons. The lowest BCUT2D eigenvalue weighted by Gasteiger charge is -2.06. The first-order valence-electron chi connectivity index (χ1n) is 8.76. The van der Waals surface area contributed by atoms with Crippen LogP contribution in [0.2, 0.25) is 5.02 Å². The van der Waals surface area contributed by atoms with Gasteiger partial charge < -0.3 is 16.0 Å². The van der Waals surface area contributed by atoms with Crippen LogP contribution in [0.4, 0.5) is 20.4 Å². The minimum Gasteiger partial charge on any atom is -0.383 e. The lowest BCUT2D eigenvalue weighted by atomic mass is 10.2. The highest BCUT2D eigenvalue weighted by atomic mass is 35.5. The quantitative estimate of drug-likeness (QED) is 0.433. The molecule has 6 nitrogen and oxygen atoms in total. The molecular formula is C21H14ClF2N5O. The van der Waals surface area contributed by atoms with Crippen LogP contribution in [0, 0.1) is 11.6 Å². The minimum absolute atomic E-state index is 0.0914. The molecule has 4 rings (SSSR count). The number of carbonyl (C=O) groups is 1. The Balaban J connectivity index is 1.59. The van der Waals surface area contributed by atoms with Gasteiger partial charge in [-0.1, -0.05) is 29.8 Å². The van der Waals surface area contributed by atoms with Crippen LogP contribution in [0.1, 0.15) is 10.4 Å². The zero-order valence-electron chi connectivity index (χ0n) is 15.3. The molecule has 0 atom stereocenters. The summed E-state index contributed by atoms with van der Waals surface area (Å²) in [5.41, 5.74) is 6.90. The van der Waals surface area contributed by atoms with E-state index in [2.05, 4.69) is 20.3 Å². The highest BCUT2D eigenvalue weighted by molar-refractivity contribution is 6.33. The van der Waals surface area contributed by atoms with Gasteiger partial charge in [0.1, 0.15) is 34.8 Å². The second-order valence-corrected chi connectivity index (χ2v) is 6.72. The zero-order valence-corrected chi connectivity index (χ0v) is 16.0. The highest BCUT2D eigenvalue weighted by Crippen LogP contribution is 2.33. The molecule has 9 heteroatoms. The summed E-state index contributed by atoms with van der Waals surface area (Å²) in [4.78, 5) is 23.5. The van der Waals surface area contributed by atoms with Crippen LogP contribution in [0.15, 0.2) is 60.8 Å². The third kappa shape index (κ3) is 3.72. The number of nitrogens with two attached hydrogens (primary N) is 1. The van der Waals surface area contributed by atoms with Gasteiger partial charge in [-0.3, -0.25) is 4.79 Å². The lowest BCUT2D eigenvalue weighted by molar-refractivity contribution is 0.102. The number of benzene rings is 2. The molecule has 2 heterocycles. The number of halogens is 3. The Morgan fingerprint density at radius 1 is 1.03 bits per heavy atom. The number of aromatic amines is 1. The van der Waals surface area contributed by atoms with Crippen LogP contribution in [0.5, 0.6) is 0 Å². The first-order chi connectivity index (χ1) is 14.4. The largest absolute Gasteiger partial charge is 0.383 e. The Labute approximate surface area is 174 Å². The third-order valence-electron chi connectivity index (χ3n) is 4.33. The Morgan fingerprint density at radius 2 is 1.80 bits per heavy atom. The van der Waals surface area contributed by atoms with E-state index in [0.717, 1.165) is 0 Å². The molecule has 0 radical (unpaired) electrons. The molecule has 0 spiro atoms. The van der Waals surface area contributed by atoms with E-state index in [1.165, 1.54) is 42.6 Å². The number of aromatic nitrogens is 3. The summed E-state index contributed by atoms with van der Waals surface area (Å²) in [5, 5.41) is 2.72. The fourth-order valence-corrected chi connectivity index (χ4v) is 3.14. The Bertz CT molecular complexity index is 1220. The van der Waals surface area contributed by atoms with Gasteiger partial charge in [-0.2, -0.15) is 0 Å². The Hall–Kier alpha value is -3.78. The summed E-state index contributed by atoms with van der Waals surface area (Å²) < 4.78 is 27.9. The van der Waals surface area contributed by atoms with Crippen molar-refractivity contribution >= 4 is 29.1 Å². The molecule has 0 aliphatic heterocycles. The highest BCUT2D eigenvalue weighted by Gasteiger charge is 2.17. The van der Waals surface area contributed by atoms with Gasteiger partial charge in [-0.05, 0) is 36.4 Å². The second-order valence-electron chi connectivity index (χ2n) is 6.31. The molecule has 4 aromatic rings. The number of nitrogen functional groups attached to an aromatic ring is 1. The van der Waals surface area contributed by atoms with E-state index >= 15 is 0 Å². The Morgan fingerprint density at radius 3 is 2.50 bits per heavy atom. The van der Waals surface area contributed by atoms with Gasteiger partial charge >= 0.3 is 0 Å². The molecule has 30 heavy (non-hydrogen) atoms. The van der Waals surface area contributed by atoms with Gasteiger partial charge in [-0.15, -0.1) is 0 Å². The van der Waals surface area contributed by atoms with Gasteiger partial charge in [0.05, 0.1) is 16.1 Å². The van der Waals surface area contributed by atoms with E-state index in [1.54, 1.807) is 18.2 Å². The average Bonchev–Trinajstić information content (AvgIpc) is 3.10. The summed E-state index contributed by atoms with van der Waals surface area (Å²) in [6.45, 7) is 0. The van der Waals surface area contributed by atoms with Crippen molar-refractivity contribution in [2.75, 3.05) is 11.1 Å². The second kappa shape index (κ2) is 7.92. The van der Waals surface area contributed by atoms with Crippen molar-refractivity contribution in [3.63, 3.8) is 0 Å². The van der Waals surface area contributed by atoms with Crippen LogP contribution in [0.3, 0.4) is 0 Å². The van der Waals surface area contributed by atoms with Crippen molar-refractivity contribution in [3.05, 3.63) is 83.0 Å². The van der Waals surface area contributed by atoms with Gasteiger partial charge in [0.15, 0.2) is 0 Å². The predicted octanol–water partition coefficient (Wildman–Crippen LogP) is 4.90. The Kier molecular flexibility index (Phi) is 5.16. The molecular weight excluding hydrogens is 412 g/mol. The van der Waals surface area contributed by atoms with Crippen molar-refractivity contribution in [3.8, 4) is 22.6 Å². The molecule has 0 unspecified atom stereocenters. The van der Waals surface area contributed by atoms with Crippen molar-refractivity contribution < 1.29 is 13.6 Å². The topological polar surface area (TPSA) is 96.7 Å². The zero-order chi connectivity index (χ0) is 21.3. The summed E-state index contributed by atoms with van der Waals surface area (Å²) in [5.74, 6) is -1.18. The van der Waals surface area contributed by atoms with Crippen LogP contribution in [0.25, 0.3) is 22.6 Å². The molecule has 0 bridgehead atoms. The van der Waals surface area contributed by atoms with E-state index in [-0.39, 0.29) is 33.6 Å². The van der Waals surface area contributed by atoms with Crippen LogP contribution in [-0.4, -0.2) is 20.9 Å². The van der Waals surface area contributed by atoms with Crippen molar-refractivity contribution in [1.29, 1.82) is 0 Å². The van der Waals surface area contributed by atoms with Gasteiger partial charge in [0.25, 0.3) is 5.91 Å². The fourth-order valence-electron chi connectivity index (χ4n) is 2.89. The van der Waals surface area contributed by atoms with Crippen molar-refractivity contribution in [2.24, 2.45) is 0 Å². The van der Waals surface area contributed by atoms with Gasteiger partial charge in [0, 0.05) is 11.8 Å². The maximum absolute atomic E-state index is 14.2. The number of pyridine rings is 1. The number of rotatable bonds is 4. The standard InChI is InChI=1S/C21H14ClF2N5O/c22-13-5-3-7-15(24)17(13)20-28-18(19(25)29-20)11-8-9-16(26-10-11)27-21(30)12-4-1-2-6-14(12)23/h1-10H,25H2,(H,28,29)(H,26,27,30). The van der Waals surface area contributed by atoms with Crippen molar-refractivity contribution in [1.82, 2.24) is 15.0 Å². The number of hydrogen-bond acceptors (Lipinski definition) is 4. The molecule has 2 aromatic carbocycles. The third-order valence-corrected chi connectivity index (χ3v) is 4.64. The molecule has 0 fully saturated rings. The lowest BCUT2D eigenvalue weighted by Crippen LogP contribution is -2.14. The van der Waals surface area contributed by atoms with Gasteiger partial charge in [-0.25, -0.2) is 18.7 Å². The number of hydrogen-bond donors (Lipinski definition) is 3. The summed E-state index contributed by atoms with van der Waals surface area (Å²) in [7, 11) is 0. The molecule has 2 aromatic heterocycles. The maximum atomic E-state index is 14.2. The van der Waals surface area contributed by atoms with Crippen LogP contribution in [-0.2, 0) is 0 Å². The van der Waals surface area contributed by atoms with E-state index in [1.807, 2.05) is 0 Å². The number of H-pyrrole nitrogens is 1. The van der Waals surface area contributed by atoms with Gasteiger partial charge in [0.2, 0.25) is 0 Å². The number of nitrogens with zero attached hydrogens (tertiary/aromatic N) is 2. The number of imidazole rings is 1. The number of anilines is 2. The number of amides is 1. The first kappa shape index (κ1) is 19.5. The summed E-state index contributed by atoms with van der Waals surface area (Å²) >= 11 is 6.08. The van der Waals surface area contributed by atoms with Crippen LogP contribution < -0.4 is 11.1 Å². The fraction of sp³-hybridized carbons (Fsp3) is 0. The van der Waals surface area contributed by atoms with E-state index in [9.17, 15) is 13.6 Å². The van der Waals surface area contributed by atoms with Crippen molar-refractivity contribution in [2.45, 2.75) is 0 Å². The molecule has 0 saturated heterocycles. The molecule has 0 aliphatic carbocycles. The number of nitrogens with one attached hydrogen (secondary N) is 2. The molecule has 0 aliphatic rings. The average molecular weight is 426 g/mol. The molecule has 4 N–H and O–H groups in total. The normalized spacial score (nSPS) is 10.8. The molecule has 1 amide bonds. The van der Waals surface area contributed by atoms with Crippen LogP contribution >= 0.6 is 11.6 Å². The first-order valence-corrected chi connectivity index (χ1v) is 9.14. The number of carbonyl (C=O) groups excluding carboxylic acids is 1. The summed E-state index contributed by atoms with van der Waals surface area (Å²) in [6.07, 6.45) is 1.44. The predicted molar refractivity (Wildman–Crippen MR) is 111 cm³/mol. The maximum Gasteiger partial charge on any atom is 0.259 e. The molecule has 0 saturated carbocycles. The SMILES string of the molecule is Nc1[nH]c(-c2c(F)cccc2Cl)nc1-c1ccc(NC(=O)c2ccccc2F)nc1. The smallest absolute Gasteiger partial charge is 0.259 e. The van der Waals surface area contributed by atoms with E-state index in [0.29, 0.717) is 11.3 Å². The monoisotopic (exact) mass is 425 g/mol. The summed E-state index contributed by atoms with van der Waals surface area (Å²) in [6, 6.07) is 13.1. The minimum atomic E-state index is -0.629. The van der Waals surface area contributed by atoms with E-state index < -0.39 is 17.5 Å².